The zero-order valence-electron chi connectivity index (χ0n) is 16.2. The summed E-state index contributed by atoms with van der Waals surface area (Å²) in [4.78, 5) is 0. The van der Waals surface area contributed by atoms with Crippen molar-refractivity contribution in [2.45, 2.75) is 6.17 Å². The molecule has 0 spiro atoms. The van der Waals surface area contributed by atoms with Crippen LogP contribution in [0.15, 0.2) is 36.4 Å². The van der Waals surface area contributed by atoms with Crippen LogP contribution in [0.2, 0.25) is 0 Å². The summed E-state index contributed by atoms with van der Waals surface area (Å²) in [5.41, 5.74) is 3.80. The lowest BCUT2D eigenvalue weighted by Crippen LogP contribution is -2.37. The highest BCUT2D eigenvalue weighted by molar-refractivity contribution is 5.64. The number of benzene rings is 2. The Kier molecular flexibility index (Phi) is 6.37. The van der Waals surface area contributed by atoms with E-state index in [1.165, 1.54) is 0 Å². The number of rotatable bonds is 2. The van der Waals surface area contributed by atoms with E-state index in [0.29, 0.717) is 57.8 Å². The summed E-state index contributed by atoms with van der Waals surface area (Å²) in [7, 11) is 0. The van der Waals surface area contributed by atoms with Crippen LogP contribution in [0.4, 0.5) is 11.4 Å². The number of anilines is 2. The number of hydrogen-bond acceptors (Lipinski definition) is 7. The fraction of sp³-hybridized carbons (Fsp3) is 0.364. The second kappa shape index (κ2) is 9.52. The van der Waals surface area contributed by atoms with E-state index in [-0.39, 0.29) is 6.17 Å². The molecule has 2 aliphatic heterocycles. The van der Waals surface area contributed by atoms with Crippen molar-refractivity contribution in [2.24, 2.45) is 0 Å². The Morgan fingerprint density at radius 1 is 0.931 bits per heavy atom. The summed E-state index contributed by atoms with van der Waals surface area (Å²) in [6.07, 6.45) is 5.42. The van der Waals surface area contributed by atoms with E-state index in [1.54, 1.807) is 0 Å². The van der Waals surface area contributed by atoms with Gasteiger partial charge < -0.3 is 29.6 Å². The molecule has 2 aromatic rings. The molecule has 152 valence electrons. The normalized spacial score (nSPS) is 19.5. The Balaban J connectivity index is 1.58. The fourth-order valence-electron chi connectivity index (χ4n) is 3.29. The van der Waals surface area contributed by atoms with E-state index in [1.807, 2.05) is 36.4 Å². The highest BCUT2D eigenvalue weighted by Crippen LogP contribution is 2.38. The topological polar surface area (TPSA) is 73.0 Å². The van der Waals surface area contributed by atoms with Gasteiger partial charge in [-0.25, -0.2) is 0 Å². The maximum Gasteiger partial charge on any atom is 0.163 e. The predicted molar refractivity (Wildman–Crippen MR) is 111 cm³/mol. The maximum atomic E-state index is 5.96. The van der Waals surface area contributed by atoms with Crippen LogP contribution in [-0.2, 0) is 9.47 Å². The molecule has 2 aliphatic rings. The molecule has 1 atom stereocenters. The molecule has 29 heavy (non-hydrogen) atoms. The lowest BCUT2D eigenvalue weighted by Gasteiger charge is -2.30. The molecular weight excluding hydrogens is 370 g/mol. The number of terminal acetylenes is 1. The third kappa shape index (κ3) is 4.93. The molecule has 2 aromatic carbocycles. The summed E-state index contributed by atoms with van der Waals surface area (Å²) >= 11 is 0. The molecule has 2 heterocycles. The van der Waals surface area contributed by atoms with Gasteiger partial charge in [0.2, 0.25) is 0 Å². The Labute approximate surface area is 170 Å². The van der Waals surface area contributed by atoms with E-state index in [9.17, 15) is 0 Å². The summed E-state index contributed by atoms with van der Waals surface area (Å²) < 4.78 is 22.9. The van der Waals surface area contributed by atoms with Crippen LogP contribution < -0.4 is 25.4 Å². The maximum absolute atomic E-state index is 5.96. The molecule has 0 aromatic heterocycles. The standard InChI is InChI=1S/C22H25N3O4/c1-2-16-4-3-5-17(12-16)25-22-18-13-20-21(14-19(18)23-15-24-22)29-11-9-27-7-6-26-8-10-28-20/h1,3-5,12-14,22-25H,6-11,15H2. The second-order valence-corrected chi connectivity index (χ2v) is 6.67. The molecule has 0 radical (unpaired) electrons. The van der Waals surface area contributed by atoms with Crippen LogP contribution >= 0.6 is 0 Å². The zero-order valence-corrected chi connectivity index (χ0v) is 16.2. The number of hydrogen-bond donors (Lipinski definition) is 3. The second-order valence-electron chi connectivity index (χ2n) is 6.67. The average Bonchev–Trinajstić information content (AvgIpc) is 2.74. The summed E-state index contributed by atoms with van der Waals surface area (Å²) in [5, 5.41) is 10.3. The fourth-order valence-corrected chi connectivity index (χ4v) is 3.29. The highest BCUT2D eigenvalue weighted by atomic mass is 16.6. The first-order valence-electron chi connectivity index (χ1n) is 9.73. The van der Waals surface area contributed by atoms with Crippen molar-refractivity contribution in [1.82, 2.24) is 5.32 Å². The van der Waals surface area contributed by atoms with Crippen LogP contribution in [0.3, 0.4) is 0 Å². The van der Waals surface area contributed by atoms with E-state index < -0.39 is 0 Å². The first-order valence-corrected chi connectivity index (χ1v) is 9.73. The van der Waals surface area contributed by atoms with Gasteiger partial charge in [-0.1, -0.05) is 12.0 Å². The van der Waals surface area contributed by atoms with Gasteiger partial charge in [-0.05, 0) is 24.3 Å². The lowest BCUT2D eigenvalue weighted by molar-refractivity contribution is 0.0223. The summed E-state index contributed by atoms with van der Waals surface area (Å²) in [5.74, 6) is 4.04. The Morgan fingerprint density at radius 3 is 2.41 bits per heavy atom. The van der Waals surface area contributed by atoms with Crippen molar-refractivity contribution in [1.29, 1.82) is 0 Å². The van der Waals surface area contributed by atoms with E-state index >= 15 is 0 Å². The third-order valence-corrected chi connectivity index (χ3v) is 4.69. The van der Waals surface area contributed by atoms with Gasteiger partial charge in [-0.15, -0.1) is 6.42 Å². The molecule has 1 unspecified atom stereocenters. The summed E-state index contributed by atoms with van der Waals surface area (Å²) in [6.45, 7) is 3.63. The van der Waals surface area contributed by atoms with E-state index in [2.05, 4.69) is 21.9 Å². The lowest BCUT2D eigenvalue weighted by atomic mass is 10.1. The van der Waals surface area contributed by atoms with Crippen LogP contribution in [0.5, 0.6) is 11.5 Å². The van der Waals surface area contributed by atoms with Crippen molar-refractivity contribution in [3.8, 4) is 23.8 Å². The Bertz CT molecular complexity index is 881. The molecule has 0 fully saturated rings. The van der Waals surface area contributed by atoms with Gasteiger partial charge in [0.05, 0.1) is 33.1 Å². The monoisotopic (exact) mass is 395 g/mol. The van der Waals surface area contributed by atoms with Gasteiger partial charge >= 0.3 is 0 Å². The first-order chi connectivity index (χ1) is 14.3. The molecule has 7 heteroatoms. The first kappa shape index (κ1) is 19.4. The number of fused-ring (bicyclic) bond motifs is 2. The zero-order chi connectivity index (χ0) is 19.9. The minimum absolute atomic E-state index is 0.103. The van der Waals surface area contributed by atoms with Crippen LogP contribution in [-0.4, -0.2) is 46.3 Å². The van der Waals surface area contributed by atoms with Crippen molar-refractivity contribution < 1.29 is 18.9 Å². The van der Waals surface area contributed by atoms with Crippen molar-refractivity contribution in [3.05, 3.63) is 47.5 Å². The largest absolute Gasteiger partial charge is 0.487 e. The van der Waals surface area contributed by atoms with Crippen LogP contribution in [0.25, 0.3) is 0 Å². The summed E-state index contributed by atoms with van der Waals surface area (Å²) in [6, 6.07) is 11.8. The van der Waals surface area contributed by atoms with Crippen molar-refractivity contribution >= 4 is 11.4 Å². The van der Waals surface area contributed by atoms with Gasteiger partial charge in [0, 0.05) is 28.6 Å². The van der Waals surface area contributed by atoms with Gasteiger partial charge in [0.15, 0.2) is 11.5 Å². The Hall–Kier alpha value is -2.92. The van der Waals surface area contributed by atoms with Gasteiger partial charge in [0.1, 0.15) is 19.4 Å². The molecule has 7 nitrogen and oxygen atoms in total. The minimum atomic E-state index is -0.103. The van der Waals surface area contributed by atoms with E-state index in [4.69, 9.17) is 25.4 Å². The SMILES string of the molecule is C#Cc1cccc(NC2NCNc3cc4c(cc32)OCCOCCOCCO4)c1. The van der Waals surface area contributed by atoms with Gasteiger partial charge in [-0.3, -0.25) is 5.32 Å². The van der Waals surface area contributed by atoms with Gasteiger partial charge in [-0.2, -0.15) is 0 Å². The van der Waals surface area contributed by atoms with Crippen LogP contribution in [0, 0.1) is 12.3 Å². The number of nitrogens with one attached hydrogen (secondary N) is 3. The molecular formula is C22H25N3O4. The molecule has 0 bridgehead atoms. The molecule has 0 saturated carbocycles. The van der Waals surface area contributed by atoms with E-state index in [0.717, 1.165) is 22.5 Å². The predicted octanol–water partition coefficient (Wildman–Crippen LogP) is 2.56. The molecule has 0 saturated heterocycles. The third-order valence-electron chi connectivity index (χ3n) is 4.69. The average molecular weight is 395 g/mol. The molecule has 4 rings (SSSR count). The quantitative estimate of drug-likeness (QED) is 0.675. The highest BCUT2D eigenvalue weighted by Gasteiger charge is 2.23. The Morgan fingerprint density at radius 2 is 1.66 bits per heavy atom. The molecule has 3 N–H and O–H groups in total. The minimum Gasteiger partial charge on any atom is -0.487 e. The van der Waals surface area contributed by atoms with Crippen molar-refractivity contribution in [3.63, 3.8) is 0 Å². The molecule has 0 amide bonds. The van der Waals surface area contributed by atoms with Crippen molar-refractivity contribution in [2.75, 3.05) is 56.9 Å². The number of ether oxygens (including phenoxy) is 4. The van der Waals surface area contributed by atoms with Gasteiger partial charge in [0.25, 0.3) is 0 Å². The smallest absolute Gasteiger partial charge is 0.163 e. The molecule has 0 aliphatic carbocycles. The van der Waals surface area contributed by atoms with Crippen LogP contribution in [0.1, 0.15) is 17.3 Å².